The van der Waals surface area contributed by atoms with E-state index < -0.39 is 11.9 Å². The number of carbonyl (C=O) groups excluding carboxylic acids is 2. The second-order valence-corrected chi connectivity index (χ2v) is 2.64. The summed E-state index contributed by atoms with van der Waals surface area (Å²) in [6.07, 6.45) is 0.784. The van der Waals surface area contributed by atoms with Crippen LogP contribution in [0, 0.1) is 9.85 Å². The van der Waals surface area contributed by atoms with Crippen LogP contribution >= 0.6 is 22.6 Å². The Balaban J connectivity index is 3.67. The number of esters is 1. The van der Waals surface area contributed by atoms with Gasteiger partial charge in [0.05, 0.1) is 0 Å². The summed E-state index contributed by atoms with van der Waals surface area (Å²) in [6, 6.07) is 0. The van der Waals surface area contributed by atoms with E-state index in [4.69, 9.17) is 0 Å². The van der Waals surface area contributed by atoms with Crippen molar-refractivity contribution >= 4 is 34.5 Å². The van der Waals surface area contributed by atoms with Gasteiger partial charge in [-0.2, -0.15) is 0 Å². The molecule has 4 nitrogen and oxygen atoms in total. The van der Waals surface area contributed by atoms with E-state index in [0.717, 1.165) is 6.42 Å². The zero-order valence-corrected chi connectivity index (χ0v) is 9.38. The van der Waals surface area contributed by atoms with E-state index in [2.05, 4.69) is 19.9 Å². The maximum atomic E-state index is 10.9. The molecule has 5 heteroatoms. The van der Waals surface area contributed by atoms with Crippen LogP contribution in [0.15, 0.2) is 0 Å². The first-order chi connectivity index (χ1) is 6.22. The Morgan fingerprint density at radius 1 is 1.54 bits per heavy atom. The maximum absolute atomic E-state index is 10.9. The van der Waals surface area contributed by atoms with Gasteiger partial charge in [-0.05, 0) is 10.3 Å². The molecule has 0 aromatic heterocycles. The monoisotopic (exact) mass is 295 g/mol. The molecule has 0 atom stereocenters. The molecular weight excluding hydrogens is 285 g/mol. The number of nitrogens with one attached hydrogen (secondary N) is 1. The van der Waals surface area contributed by atoms with E-state index in [1.807, 2.05) is 29.5 Å². The van der Waals surface area contributed by atoms with Crippen molar-refractivity contribution in [3.8, 4) is 9.85 Å². The number of halogens is 1. The Morgan fingerprint density at radius 3 is 2.77 bits per heavy atom. The van der Waals surface area contributed by atoms with Crippen LogP contribution in [0.25, 0.3) is 0 Å². The predicted octanol–water partition coefficient (Wildman–Crippen LogP) is 0.452. The molecule has 13 heavy (non-hydrogen) atoms. The molecule has 0 aliphatic heterocycles. The first-order valence-electron chi connectivity index (χ1n) is 3.75. The zero-order valence-electron chi connectivity index (χ0n) is 7.22. The van der Waals surface area contributed by atoms with Crippen LogP contribution in [0.4, 0.5) is 0 Å². The van der Waals surface area contributed by atoms with Crippen LogP contribution in [-0.4, -0.2) is 25.0 Å². The number of hydrogen-bond acceptors (Lipinski definition) is 3. The summed E-state index contributed by atoms with van der Waals surface area (Å²) >= 11 is 1.82. The number of rotatable bonds is 3. The molecule has 0 heterocycles. The van der Waals surface area contributed by atoms with Gasteiger partial charge in [-0.1, -0.05) is 12.8 Å². The van der Waals surface area contributed by atoms with Gasteiger partial charge in [0, 0.05) is 29.1 Å². The second kappa shape index (κ2) is 7.86. The molecule has 0 saturated heterocycles. The lowest BCUT2D eigenvalue weighted by Crippen LogP contribution is -2.33. The topological polar surface area (TPSA) is 55.4 Å². The standard InChI is InChI=1S/C8H10INO3/c1-2-5-10-7(11)8(12)13-6-3-4-9/h2,5-6H2,1H3,(H,10,11). The molecule has 0 saturated carbocycles. The molecule has 0 spiro atoms. The van der Waals surface area contributed by atoms with E-state index in [1.165, 1.54) is 0 Å². The molecule has 0 aliphatic carbocycles. The summed E-state index contributed by atoms with van der Waals surface area (Å²) in [5.41, 5.74) is 0. The van der Waals surface area contributed by atoms with Gasteiger partial charge in [0.15, 0.2) is 6.61 Å². The molecule has 0 aromatic carbocycles. The Kier molecular flexibility index (Phi) is 7.39. The molecule has 0 fully saturated rings. The molecule has 1 N–H and O–H groups in total. The van der Waals surface area contributed by atoms with E-state index in [1.54, 1.807) is 0 Å². The van der Waals surface area contributed by atoms with Crippen molar-refractivity contribution in [3.05, 3.63) is 0 Å². The highest BCUT2D eigenvalue weighted by molar-refractivity contribution is 14.1. The number of hydrogen-bond donors (Lipinski definition) is 1. The van der Waals surface area contributed by atoms with Crippen molar-refractivity contribution in [1.29, 1.82) is 0 Å². The summed E-state index contributed by atoms with van der Waals surface area (Å²) in [5, 5.41) is 2.40. The minimum absolute atomic E-state index is 0.0404. The molecule has 1 amide bonds. The molecule has 0 aromatic rings. The third-order valence-corrected chi connectivity index (χ3v) is 1.44. The van der Waals surface area contributed by atoms with Crippen molar-refractivity contribution < 1.29 is 14.3 Å². The van der Waals surface area contributed by atoms with Gasteiger partial charge in [-0.25, -0.2) is 4.79 Å². The van der Waals surface area contributed by atoms with Gasteiger partial charge in [-0.15, -0.1) is 0 Å². The van der Waals surface area contributed by atoms with Crippen molar-refractivity contribution in [2.45, 2.75) is 13.3 Å². The molecule has 72 valence electrons. The van der Waals surface area contributed by atoms with Crippen molar-refractivity contribution in [1.82, 2.24) is 5.32 Å². The van der Waals surface area contributed by atoms with Gasteiger partial charge >= 0.3 is 11.9 Å². The highest BCUT2D eigenvalue weighted by Gasteiger charge is 2.12. The Labute approximate surface area is 90.5 Å². The summed E-state index contributed by atoms with van der Waals surface area (Å²) in [4.78, 5) is 21.7. The third-order valence-electron chi connectivity index (χ3n) is 1.06. The Hall–Kier alpha value is -0.770. The van der Waals surface area contributed by atoms with Crippen LogP contribution < -0.4 is 5.32 Å². The average molecular weight is 295 g/mol. The fraction of sp³-hybridized carbons (Fsp3) is 0.500. The van der Waals surface area contributed by atoms with Crippen molar-refractivity contribution in [3.63, 3.8) is 0 Å². The summed E-state index contributed by atoms with van der Waals surface area (Å²) < 4.78 is 7.03. The number of amides is 1. The first kappa shape index (κ1) is 12.2. The van der Waals surface area contributed by atoms with Crippen molar-refractivity contribution in [2.24, 2.45) is 0 Å². The van der Waals surface area contributed by atoms with Gasteiger partial charge < -0.3 is 10.1 Å². The fourth-order valence-electron chi connectivity index (χ4n) is 0.505. The van der Waals surface area contributed by atoms with Gasteiger partial charge in [0.1, 0.15) is 0 Å². The van der Waals surface area contributed by atoms with Crippen molar-refractivity contribution in [2.75, 3.05) is 13.2 Å². The average Bonchev–Trinajstić information content (AvgIpc) is 2.14. The molecule has 0 rings (SSSR count). The molecule has 0 radical (unpaired) electrons. The fourth-order valence-corrected chi connectivity index (χ4v) is 0.661. The van der Waals surface area contributed by atoms with E-state index in [-0.39, 0.29) is 6.61 Å². The minimum atomic E-state index is -0.882. The lowest BCUT2D eigenvalue weighted by Gasteiger charge is -2.01. The summed E-state index contributed by atoms with van der Waals surface area (Å²) in [5.74, 6) is 0.911. The zero-order chi connectivity index (χ0) is 10.1. The highest BCUT2D eigenvalue weighted by Crippen LogP contribution is 1.80. The highest BCUT2D eigenvalue weighted by atomic mass is 127. The van der Waals surface area contributed by atoms with Crippen LogP contribution in [0.5, 0.6) is 0 Å². The third kappa shape index (κ3) is 6.40. The van der Waals surface area contributed by atoms with Gasteiger partial charge in [0.2, 0.25) is 0 Å². The van der Waals surface area contributed by atoms with Gasteiger partial charge in [-0.3, -0.25) is 4.79 Å². The molecule has 0 unspecified atom stereocenters. The number of carbonyl (C=O) groups is 2. The summed E-state index contributed by atoms with van der Waals surface area (Å²) in [7, 11) is 0. The normalized spacial score (nSPS) is 8.15. The van der Waals surface area contributed by atoms with Gasteiger partial charge in [0.25, 0.3) is 0 Å². The van der Waals surface area contributed by atoms with Crippen LogP contribution in [0.2, 0.25) is 0 Å². The Morgan fingerprint density at radius 2 is 2.23 bits per heavy atom. The van der Waals surface area contributed by atoms with Crippen LogP contribution in [-0.2, 0) is 14.3 Å². The minimum Gasteiger partial charge on any atom is -0.445 e. The first-order valence-corrected chi connectivity index (χ1v) is 4.83. The van der Waals surface area contributed by atoms with Crippen LogP contribution in [0.3, 0.4) is 0 Å². The van der Waals surface area contributed by atoms with E-state index in [9.17, 15) is 9.59 Å². The molecule has 0 aliphatic rings. The summed E-state index contributed by atoms with van der Waals surface area (Å²) in [6.45, 7) is 2.33. The quantitative estimate of drug-likeness (QED) is 0.356. The predicted molar refractivity (Wildman–Crippen MR) is 56.1 cm³/mol. The largest absolute Gasteiger partial charge is 0.445 e. The maximum Gasteiger partial charge on any atom is 0.397 e. The van der Waals surface area contributed by atoms with Crippen LogP contribution in [0.1, 0.15) is 13.3 Å². The lowest BCUT2D eigenvalue weighted by molar-refractivity contribution is -0.153. The van der Waals surface area contributed by atoms with E-state index in [0.29, 0.717) is 6.54 Å². The SMILES string of the molecule is CCCNC(=O)C(=O)OCC#CI. The Bertz CT molecular complexity index is 242. The smallest absolute Gasteiger partial charge is 0.397 e. The lowest BCUT2D eigenvalue weighted by atomic mass is 10.4. The number of ether oxygens (including phenoxy) is 1. The second-order valence-electron chi connectivity index (χ2n) is 2.10. The molecular formula is C8H10INO3. The van der Waals surface area contributed by atoms with E-state index >= 15 is 0 Å². The molecule has 0 bridgehead atoms.